The van der Waals surface area contributed by atoms with Crippen molar-refractivity contribution in [1.82, 2.24) is 25.5 Å². The molecule has 4 N–H and O–H groups in total. The minimum atomic E-state index is -1.19. The zero-order chi connectivity index (χ0) is 26.9. The highest BCUT2D eigenvalue weighted by Gasteiger charge is 2.21. The molecule has 0 fully saturated rings. The fraction of sp³-hybridized carbons (Fsp3) is 0.0769. The van der Waals surface area contributed by atoms with E-state index in [9.17, 15) is 14.4 Å². The van der Waals surface area contributed by atoms with Gasteiger partial charge in [-0.05, 0) is 64.5 Å². The zero-order valence-corrected chi connectivity index (χ0v) is 20.5. The van der Waals surface area contributed by atoms with E-state index in [2.05, 4.69) is 31.5 Å². The molecule has 38 heavy (non-hydrogen) atoms. The molecule has 3 aromatic carbocycles. The Morgan fingerprint density at radius 2 is 1.68 bits per heavy atom. The number of carbonyl (C=O) groups is 3. The number of anilines is 2. The maximum absolute atomic E-state index is 13.1. The van der Waals surface area contributed by atoms with E-state index >= 15 is 0 Å². The molecule has 0 saturated carbocycles. The Kier molecular flexibility index (Phi) is 8.42. The van der Waals surface area contributed by atoms with Gasteiger partial charge in [0.25, 0.3) is 0 Å². The Morgan fingerprint density at radius 3 is 2.34 bits per heavy atom. The van der Waals surface area contributed by atoms with Gasteiger partial charge in [0.2, 0.25) is 11.8 Å². The van der Waals surface area contributed by atoms with Crippen molar-refractivity contribution in [3.8, 4) is 5.69 Å². The lowest BCUT2D eigenvalue weighted by molar-refractivity contribution is -0.123. The molecule has 4 rings (SSSR count). The molecule has 0 radical (unpaired) electrons. The summed E-state index contributed by atoms with van der Waals surface area (Å²) in [6.45, 7) is 0. The Labute approximate surface area is 222 Å². The number of carboxylic acid groups (broad SMARTS) is 1. The molecule has 1 aromatic heterocycles. The number of tetrazole rings is 1. The summed E-state index contributed by atoms with van der Waals surface area (Å²) < 4.78 is 1.44. The van der Waals surface area contributed by atoms with Crippen LogP contribution in [0, 0.1) is 0 Å². The predicted octanol–water partition coefficient (Wildman–Crippen LogP) is 3.79. The number of nitrogens with zero attached hydrogens (tertiary/aromatic N) is 4. The third-order valence-corrected chi connectivity index (χ3v) is 5.55. The van der Waals surface area contributed by atoms with E-state index in [1.54, 1.807) is 36.4 Å². The highest BCUT2D eigenvalue weighted by Crippen LogP contribution is 2.20. The van der Waals surface area contributed by atoms with Crippen LogP contribution in [-0.2, 0) is 16.0 Å². The van der Waals surface area contributed by atoms with Crippen molar-refractivity contribution in [3.63, 3.8) is 0 Å². The van der Waals surface area contributed by atoms with E-state index in [4.69, 9.17) is 16.7 Å². The lowest BCUT2D eigenvalue weighted by Gasteiger charge is -2.18. The summed E-state index contributed by atoms with van der Waals surface area (Å²) in [7, 11) is 0. The van der Waals surface area contributed by atoms with Gasteiger partial charge in [-0.1, -0.05) is 41.9 Å². The Hall–Kier alpha value is -5.03. The lowest BCUT2D eigenvalue weighted by Crippen LogP contribution is -2.44. The third-order valence-electron chi connectivity index (χ3n) is 5.32. The van der Waals surface area contributed by atoms with E-state index in [1.165, 1.54) is 29.2 Å². The van der Waals surface area contributed by atoms with Crippen LogP contribution in [0.5, 0.6) is 0 Å². The number of nitrogens with one attached hydrogen (secondary N) is 3. The first-order valence-corrected chi connectivity index (χ1v) is 11.7. The van der Waals surface area contributed by atoms with E-state index in [0.717, 1.165) is 5.56 Å². The van der Waals surface area contributed by atoms with Gasteiger partial charge in [0.1, 0.15) is 12.4 Å². The molecule has 0 saturated heterocycles. The first-order chi connectivity index (χ1) is 18.4. The Morgan fingerprint density at radius 1 is 0.974 bits per heavy atom. The molecule has 0 spiro atoms. The van der Waals surface area contributed by atoms with Crippen molar-refractivity contribution < 1.29 is 19.5 Å². The molecule has 0 aliphatic rings. The fourth-order valence-electron chi connectivity index (χ4n) is 3.57. The number of rotatable bonds is 9. The van der Waals surface area contributed by atoms with Crippen molar-refractivity contribution in [1.29, 1.82) is 0 Å². The SMILES string of the molecule is O=C(O)Nc1ccc(NC(=O)C(Cc2ccccc2)NC(=O)C=Cc2cc(Cl)ccc2-n2cnnn2)cc1. The van der Waals surface area contributed by atoms with E-state index < -0.39 is 23.9 Å². The second-order valence-corrected chi connectivity index (χ2v) is 8.47. The summed E-state index contributed by atoms with van der Waals surface area (Å²) in [5, 5.41) is 28.2. The fourth-order valence-corrected chi connectivity index (χ4v) is 3.75. The van der Waals surface area contributed by atoms with Crippen LogP contribution in [0.1, 0.15) is 11.1 Å². The van der Waals surface area contributed by atoms with Crippen molar-refractivity contribution in [2.75, 3.05) is 10.6 Å². The number of aromatic nitrogens is 4. The summed E-state index contributed by atoms with van der Waals surface area (Å²) in [6, 6.07) is 19.6. The summed E-state index contributed by atoms with van der Waals surface area (Å²) in [6.07, 6.45) is 3.34. The molecule has 1 unspecified atom stereocenters. The molecule has 0 aliphatic carbocycles. The predicted molar refractivity (Wildman–Crippen MR) is 142 cm³/mol. The molecular formula is C26H22ClN7O4. The lowest BCUT2D eigenvalue weighted by atomic mass is 10.0. The van der Waals surface area contributed by atoms with Crippen molar-refractivity contribution in [2.24, 2.45) is 0 Å². The highest BCUT2D eigenvalue weighted by atomic mass is 35.5. The molecular weight excluding hydrogens is 510 g/mol. The summed E-state index contributed by atoms with van der Waals surface area (Å²) in [5.74, 6) is -0.934. The minimum Gasteiger partial charge on any atom is -0.465 e. The number of hydrogen-bond donors (Lipinski definition) is 4. The van der Waals surface area contributed by atoms with Gasteiger partial charge < -0.3 is 15.7 Å². The smallest absolute Gasteiger partial charge is 0.409 e. The van der Waals surface area contributed by atoms with Crippen LogP contribution < -0.4 is 16.0 Å². The largest absolute Gasteiger partial charge is 0.465 e. The van der Waals surface area contributed by atoms with Gasteiger partial charge in [0.05, 0.1) is 5.69 Å². The van der Waals surface area contributed by atoms with Gasteiger partial charge in [-0.25, -0.2) is 4.79 Å². The number of hydrogen-bond acceptors (Lipinski definition) is 6. The molecule has 11 nitrogen and oxygen atoms in total. The third kappa shape index (κ3) is 7.24. The van der Waals surface area contributed by atoms with Crippen LogP contribution in [0.2, 0.25) is 5.02 Å². The van der Waals surface area contributed by atoms with Gasteiger partial charge >= 0.3 is 6.09 Å². The molecule has 12 heteroatoms. The van der Waals surface area contributed by atoms with Crippen LogP contribution in [-0.4, -0.2) is 49.3 Å². The van der Waals surface area contributed by atoms with Crippen LogP contribution in [0.15, 0.2) is 85.2 Å². The quantitative estimate of drug-likeness (QED) is 0.240. The first-order valence-electron chi connectivity index (χ1n) is 11.3. The first kappa shape index (κ1) is 26.0. The number of benzene rings is 3. The van der Waals surface area contributed by atoms with Crippen LogP contribution in [0.4, 0.5) is 16.2 Å². The van der Waals surface area contributed by atoms with Gasteiger partial charge in [-0.15, -0.1) is 5.10 Å². The monoisotopic (exact) mass is 531 g/mol. The van der Waals surface area contributed by atoms with Crippen molar-refractivity contribution in [3.05, 3.63) is 101 Å². The average Bonchev–Trinajstić information content (AvgIpc) is 3.43. The summed E-state index contributed by atoms with van der Waals surface area (Å²) in [4.78, 5) is 36.8. The van der Waals surface area contributed by atoms with Gasteiger partial charge in [0, 0.05) is 34.5 Å². The van der Waals surface area contributed by atoms with Crippen molar-refractivity contribution in [2.45, 2.75) is 12.5 Å². The molecule has 192 valence electrons. The maximum Gasteiger partial charge on any atom is 0.409 e. The molecule has 0 aliphatic heterocycles. The minimum absolute atomic E-state index is 0.248. The average molecular weight is 532 g/mol. The standard InChI is InChI=1S/C26H22ClN7O4/c27-19-7-12-23(34-16-28-32-33-34)18(15-19)6-13-24(35)31-22(14-17-4-2-1-3-5-17)25(36)29-20-8-10-21(11-9-20)30-26(37)38/h1-13,15-16,22,30H,14H2,(H,29,36)(H,31,35)(H,37,38). The normalized spacial score (nSPS) is 11.6. The van der Waals surface area contributed by atoms with Gasteiger partial charge in [0.15, 0.2) is 0 Å². The molecule has 0 bridgehead atoms. The second-order valence-electron chi connectivity index (χ2n) is 8.04. The van der Waals surface area contributed by atoms with Crippen LogP contribution in [0.25, 0.3) is 11.8 Å². The van der Waals surface area contributed by atoms with Crippen LogP contribution >= 0.6 is 11.6 Å². The Bertz CT molecular complexity index is 1440. The highest BCUT2D eigenvalue weighted by molar-refractivity contribution is 6.30. The summed E-state index contributed by atoms with van der Waals surface area (Å²) >= 11 is 6.14. The molecule has 1 heterocycles. The second kappa shape index (κ2) is 12.3. The Balaban J connectivity index is 1.50. The van der Waals surface area contributed by atoms with E-state index in [1.807, 2.05) is 30.3 Å². The molecule has 1 atom stereocenters. The summed E-state index contributed by atoms with van der Waals surface area (Å²) in [5.41, 5.74) is 2.87. The van der Waals surface area contributed by atoms with E-state index in [0.29, 0.717) is 27.6 Å². The van der Waals surface area contributed by atoms with Gasteiger partial charge in [-0.3, -0.25) is 14.9 Å². The van der Waals surface area contributed by atoms with Crippen LogP contribution in [0.3, 0.4) is 0 Å². The number of amides is 3. The topological polar surface area (TPSA) is 151 Å². The molecule has 3 amide bonds. The zero-order valence-electron chi connectivity index (χ0n) is 19.8. The van der Waals surface area contributed by atoms with Gasteiger partial charge in [-0.2, -0.15) is 4.68 Å². The van der Waals surface area contributed by atoms with Crippen molar-refractivity contribution >= 4 is 47.0 Å². The number of halogens is 1. The maximum atomic E-state index is 13.1. The molecule has 4 aromatic rings. The van der Waals surface area contributed by atoms with E-state index in [-0.39, 0.29) is 6.42 Å². The number of carbonyl (C=O) groups excluding carboxylic acids is 2.